The number of nitrogens with two attached hydrogens (primary N) is 1. The van der Waals surface area contributed by atoms with Crippen LogP contribution in [0, 0.1) is 17.2 Å². The highest BCUT2D eigenvalue weighted by atomic mass is 16.6. The van der Waals surface area contributed by atoms with E-state index in [4.69, 9.17) is 24.7 Å². The zero-order valence-electron chi connectivity index (χ0n) is 22.7. The number of anilines is 1. The molecule has 2 aromatic heterocycles. The monoisotopic (exact) mass is 546 g/mol. The third-order valence-electron chi connectivity index (χ3n) is 6.00. The number of hydrogen-bond acceptors (Lipinski definition) is 12. The van der Waals surface area contributed by atoms with Crippen LogP contribution in [0.2, 0.25) is 0 Å². The molecule has 1 aliphatic rings. The average Bonchev–Trinajstić information content (AvgIpc) is 3.40. The summed E-state index contributed by atoms with van der Waals surface area (Å²) in [4.78, 5) is 41.3. The van der Waals surface area contributed by atoms with Crippen LogP contribution in [0.5, 0.6) is 0 Å². The van der Waals surface area contributed by atoms with Gasteiger partial charge in [-0.1, -0.05) is 20.8 Å². The van der Waals surface area contributed by atoms with Crippen LogP contribution in [-0.4, -0.2) is 74.3 Å². The Morgan fingerprint density at radius 2 is 2.03 bits per heavy atom. The van der Waals surface area contributed by atoms with E-state index in [0.717, 1.165) is 0 Å². The van der Waals surface area contributed by atoms with Crippen LogP contribution in [0.15, 0.2) is 18.5 Å². The standard InChI is InChI=1S/C25H34N6O8/c1-7-17(32)37-19-15(10-36-22(34)18(13(2)3)30-23(35)39-24(4,5)6)38-25(11-26,20(19)33)16-9-8-14-21(27)28-12-29-31(14)16/h8-9,12-13,15,18-20,33H,7,10H2,1-6H3,(H,30,35)(H2,27,28,29)/t15-,18+,19-,20-,25+/m1/s1. The molecule has 0 radical (unpaired) electrons. The number of carbonyl (C=O) groups excluding carboxylic acids is 3. The number of nitriles is 1. The van der Waals surface area contributed by atoms with Crippen molar-refractivity contribution in [2.24, 2.45) is 5.92 Å². The number of rotatable bonds is 8. The molecule has 1 amide bonds. The van der Waals surface area contributed by atoms with Crippen molar-refractivity contribution >= 4 is 29.4 Å². The van der Waals surface area contributed by atoms with Crippen molar-refractivity contribution < 1.29 is 38.4 Å². The van der Waals surface area contributed by atoms with E-state index >= 15 is 0 Å². The lowest BCUT2D eigenvalue weighted by Crippen LogP contribution is -2.48. The van der Waals surface area contributed by atoms with Crippen LogP contribution in [0.4, 0.5) is 10.6 Å². The summed E-state index contributed by atoms with van der Waals surface area (Å²) in [7, 11) is 0. The number of ether oxygens (including phenoxy) is 4. The molecular formula is C25H34N6O8. The van der Waals surface area contributed by atoms with E-state index in [1.54, 1.807) is 47.6 Å². The molecular weight excluding hydrogens is 512 g/mol. The molecule has 1 aliphatic heterocycles. The van der Waals surface area contributed by atoms with Gasteiger partial charge in [0.25, 0.3) is 0 Å². The van der Waals surface area contributed by atoms with E-state index in [9.17, 15) is 24.8 Å². The maximum Gasteiger partial charge on any atom is 0.408 e. The summed E-state index contributed by atoms with van der Waals surface area (Å²) in [5.74, 6) is -1.71. The molecule has 39 heavy (non-hydrogen) atoms. The van der Waals surface area contributed by atoms with Crippen molar-refractivity contribution in [3.8, 4) is 6.07 Å². The minimum Gasteiger partial charge on any atom is -0.461 e. The number of aromatic nitrogens is 3. The molecule has 14 nitrogen and oxygen atoms in total. The molecule has 3 heterocycles. The van der Waals surface area contributed by atoms with Crippen molar-refractivity contribution in [1.29, 1.82) is 5.26 Å². The van der Waals surface area contributed by atoms with Gasteiger partial charge >= 0.3 is 18.0 Å². The topological polar surface area (TPSA) is 200 Å². The summed E-state index contributed by atoms with van der Waals surface area (Å²) in [6.45, 7) is 9.53. The van der Waals surface area contributed by atoms with E-state index in [0.29, 0.717) is 5.52 Å². The number of fused-ring (bicyclic) bond motifs is 1. The Kier molecular flexibility index (Phi) is 8.67. The number of alkyl carbamates (subject to hydrolysis) is 1. The van der Waals surface area contributed by atoms with Crippen molar-refractivity contribution in [2.45, 2.75) is 83.5 Å². The number of nitrogens with one attached hydrogen (secondary N) is 1. The minimum atomic E-state index is -2.06. The summed E-state index contributed by atoms with van der Waals surface area (Å²) < 4.78 is 23.4. The number of carbonyl (C=O) groups is 3. The SMILES string of the molecule is CCC(=O)O[C@H]1[C@@H](O)[C@](C#N)(c2ccc3c(N)ncnn23)O[C@@H]1COC(=O)[C@@H](NC(=O)OC(C)(C)C)C(C)C. The second-order valence-corrected chi connectivity index (χ2v) is 10.4. The van der Waals surface area contributed by atoms with E-state index in [1.165, 1.54) is 16.9 Å². The summed E-state index contributed by atoms with van der Waals surface area (Å²) in [6.07, 6.45) is -3.93. The lowest BCUT2D eigenvalue weighted by Gasteiger charge is -2.25. The van der Waals surface area contributed by atoms with Gasteiger partial charge in [-0.3, -0.25) is 4.79 Å². The van der Waals surface area contributed by atoms with Crippen LogP contribution < -0.4 is 11.1 Å². The lowest BCUT2D eigenvalue weighted by molar-refractivity contribution is -0.161. The van der Waals surface area contributed by atoms with Gasteiger partial charge in [-0.25, -0.2) is 19.1 Å². The summed E-state index contributed by atoms with van der Waals surface area (Å²) >= 11 is 0. The van der Waals surface area contributed by atoms with Gasteiger partial charge in [-0.05, 0) is 38.8 Å². The number of nitrogen functional groups attached to an aromatic ring is 1. The van der Waals surface area contributed by atoms with Gasteiger partial charge in [0.15, 0.2) is 11.9 Å². The highest BCUT2D eigenvalue weighted by molar-refractivity contribution is 5.81. The zero-order valence-corrected chi connectivity index (χ0v) is 22.7. The number of aliphatic hydroxyl groups is 1. The number of hydrogen-bond donors (Lipinski definition) is 3. The van der Waals surface area contributed by atoms with E-state index in [-0.39, 0.29) is 23.9 Å². The van der Waals surface area contributed by atoms with Crippen molar-refractivity contribution in [3.63, 3.8) is 0 Å². The second kappa shape index (κ2) is 11.4. The molecule has 0 aromatic carbocycles. The molecule has 3 rings (SSSR count). The highest BCUT2D eigenvalue weighted by Crippen LogP contribution is 2.42. The Morgan fingerprint density at radius 3 is 2.62 bits per heavy atom. The third-order valence-corrected chi connectivity index (χ3v) is 6.00. The van der Waals surface area contributed by atoms with Crippen molar-refractivity contribution in [1.82, 2.24) is 19.9 Å². The first-order valence-electron chi connectivity index (χ1n) is 12.5. The van der Waals surface area contributed by atoms with Gasteiger partial charge in [-0.2, -0.15) is 10.4 Å². The van der Waals surface area contributed by atoms with Gasteiger partial charge in [-0.15, -0.1) is 0 Å². The Labute approximate surface area is 225 Å². The quantitative estimate of drug-likeness (QED) is 0.316. The Balaban J connectivity index is 1.87. The molecule has 0 bridgehead atoms. The van der Waals surface area contributed by atoms with Gasteiger partial charge in [0.05, 0.1) is 5.69 Å². The molecule has 212 valence electrons. The van der Waals surface area contributed by atoms with Crippen LogP contribution in [0.1, 0.15) is 53.7 Å². The maximum atomic E-state index is 13.0. The molecule has 0 spiro atoms. The molecule has 14 heteroatoms. The van der Waals surface area contributed by atoms with Crippen LogP contribution >= 0.6 is 0 Å². The molecule has 1 fully saturated rings. The molecule has 4 N–H and O–H groups in total. The number of amides is 1. The summed E-state index contributed by atoms with van der Waals surface area (Å²) in [5, 5.41) is 28.1. The van der Waals surface area contributed by atoms with Crippen molar-refractivity contribution in [2.75, 3.05) is 12.3 Å². The van der Waals surface area contributed by atoms with Gasteiger partial charge in [0.1, 0.15) is 48.4 Å². The van der Waals surface area contributed by atoms with Gasteiger partial charge in [0.2, 0.25) is 5.60 Å². The summed E-state index contributed by atoms with van der Waals surface area (Å²) in [5.41, 5.74) is 3.54. The van der Waals surface area contributed by atoms with E-state index in [1.807, 2.05) is 6.07 Å². The predicted octanol–water partition coefficient (Wildman–Crippen LogP) is 1.20. The normalized spacial score (nSPS) is 23.7. The second-order valence-electron chi connectivity index (χ2n) is 10.4. The van der Waals surface area contributed by atoms with Crippen LogP contribution in [-0.2, 0) is 34.1 Å². The Hall–Kier alpha value is -3.96. The first-order chi connectivity index (χ1) is 18.2. The molecule has 0 unspecified atom stereocenters. The summed E-state index contributed by atoms with van der Waals surface area (Å²) in [6, 6.07) is 3.93. The first-order valence-corrected chi connectivity index (χ1v) is 12.5. The average molecular weight is 547 g/mol. The fourth-order valence-corrected chi connectivity index (χ4v) is 4.10. The predicted molar refractivity (Wildman–Crippen MR) is 135 cm³/mol. The molecule has 0 saturated carbocycles. The van der Waals surface area contributed by atoms with E-state index in [2.05, 4.69) is 15.4 Å². The fourth-order valence-electron chi connectivity index (χ4n) is 4.10. The smallest absolute Gasteiger partial charge is 0.408 e. The largest absolute Gasteiger partial charge is 0.461 e. The first kappa shape index (κ1) is 29.6. The Bertz CT molecular complexity index is 1270. The fraction of sp³-hybridized carbons (Fsp3) is 0.600. The molecule has 0 aliphatic carbocycles. The molecule has 1 saturated heterocycles. The van der Waals surface area contributed by atoms with E-state index < -0.39 is 60.2 Å². The molecule has 2 aromatic rings. The maximum absolute atomic E-state index is 13.0. The van der Waals surface area contributed by atoms with Gasteiger partial charge in [0, 0.05) is 6.42 Å². The minimum absolute atomic E-state index is 0.0116. The molecule has 5 atom stereocenters. The Morgan fingerprint density at radius 1 is 1.33 bits per heavy atom. The van der Waals surface area contributed by atoms with Gasteiger partial charge < -0.3 is 35.1 Å². The number of nitrogens with zero attached hydrogens (tertiary/aromatic N) is 4. The lowest BCUT2D eigenvalue weighted by atomic mass is 9.92. The van der Waals surface area contributed by atoms with Crippen molar-refractivity contribution in [3.05, 3.63) is 24.2 Å². The highest BCUT2D eigenvalue weighted by Gasteiger charge is 2.60. The van der Waals surface area contributed by atoms with Crippen LogP contribution in [0.3, 0.4) is 0 Å². The van der Waals surface area contributed by atoms with Crippen LogP contribution in [0.25, 0.3) is 5.52 Å². The third kappa shape index (κ3) is 6.21. The number of aliphatic hydroxyl groups excluding tert-OH is 1. The number of esters is 2. The zero-order chi connectivity index (χ0) is 29.1.